The van der Waals surface area contributed by atoms with Crippen molar-refractivity contribution < 1.29 is 0 Å². The molecule has 0 fully saturated rings. The van der Waals surface area contributed by atoms with Gasteiger partial charge in [-0.3, -0.25) is 5.10 Å². The van der Waals surface area contributed by atoms with Crippen LogP contribution in [0.2, 0.25) is 0 Å². The largest absolute Gasteiger partial charge is 0.262 e. The van der Waals surface area contributed by atoms with E-state index in [0.717, 1.165) is 17.8 Å². The minimum atomic E-state index is 0.109. The highest BCUT2D eigenvalue weighted by atomic mass is 15.3. The minimum absolute atomic E-state index is 0.109. The highest BCUT2D eigenvalue weighted by Gasteiger charge is 2.20. The Bertz CT molecular complexity index is 232. The van der Waals surface area contributed by atoms with Crippen molar-refractivity contribution in [3.63, 3.8) is 0 Å². The molecule has 3 nitrogen and oxygen atoms in total. The molecule has 0 spiro atoms. The molecular weight excluding hydrogens is 138 g/mol. The van der Waals surface area contributed by atoms with E-state index in [9.17, 15) is 0 Å². The van der Waals surface area contributed by atoms with Gasteiger partial charge in [0, 0.05) is 5.41 Å². The van der Waals surface area contributed by atoms with E-state index in [1.54, 1.807) is 0 Å². The number of nitrogens with zero attached hydrogens (tertiary/aromatic N) is 2. The van der Waals surface area contributed by atoms with Crippen LogP contribution in [0.4, 0.5) is 0 Å². The van der Waals surface area contributed by atoms with E-state index in [2.05, 4.69) is 43.1 Å². The third kappa shape index (κ3) is 1.59. The zero-order chi connectivity index (χ0) is 8.48. The van der Waals surface area contributed by atoms with Gasteiger partial charge in [-0.25, -0.2) is 0 Å². The summed E-state index contributed by atoms with van der Waals surface area (Å²) in [6.07, 6.45) is 0.972. The number of hydrogen-bond acceptors (Lipinski definition) is 2. The normalized spacial score (nSPS) is 12.0. The van der Waals surface area contributed by atoms with E-state index in [0.29, 0.717) is 0 Å². The van der Waals surface area contributed by atoms with Gasteiger partial charge in [0.05, 0.1) is 11.4 Å². The van der Waals surface area contributed by atoms with Crippen molar-refractivity contribution in [1.82, 2.24) is 15.4 Å². The first-order chi connectivity index (χ1) is 5.05. The number of hydrogen-bond donors (Lipinski definition) is 1. The Morgan fingerprint density at radius 1 is 1.36 bits per heavy atom. The van der Waals surface area contributed by atoms with E-state index in [-0.39, 0.29) is 5.41 Å². The number of aromatic amines is 1. The van der Waals surface area contributed by atoms with E-state index in [1.165, 1.54) is 0 Å². The molecule has 0 atom stereocenters. The number of rotatable bonds is 1. The van der Waals surface area contributed by atoms with Crippen LogP contribution in [-0.2, 0) is 11.8 Å². The van der Waals surface area contributed by atoms with Gasteiger partial charge in [-0.1, -0.05) is 32.9 Å². The number of H-pyrrole nitrogens is 1. The van der Waals surface area contributed by atoms with Crippen molar-refractivity contribution in [3.05, 3.63) is 11.4 Å². The fourth-order valence-electron chi connectivity index (χ4n) is 1.10. The molecule has 1 aromatic rings. The molecule has 0 saturated heterocycles. The molecule has 0 unspecified atom stereocenters. The van der Waals surface area contributed by atoms with Crippen LogP contribution in [0.1, 0.15) is 39.1 Å². The second-order valence-corrected chi connectivity index (χ2v) is 3.74. The van der Waals surface area contributed by atoms with Crippen molar-refractivity contribution >= 4 is 0 Å². The van der Waals surface area contributed by atoms with E-state index < -0.39 is 0 Å². The first-order valence-corrected chi connectivity index (χ1v) is 3.96. The molecule has 0 aliphatic rings. The smallest absolute Gasteiger partial charge is 0.0909 e. The summed E-state index contributed by atoms with van der Waals surface area (Å²) in [5, 5.41) is 10.7. The molecule has 1 aromatic heterocycles. The predicted molar refractivity (Wildman–Crippen MR) is 44.5 cm³/mol. The van der Waals surface area contributed by atoms with Crippen molar-refractivity contribution in [2.24, 2.45) is 0 Å². The molecular formula is C8H15N3. The first-order valence-electron chi connectivity index (χ1n) is 3.96. The van der Waals surface area contributed by atoms with Crippen molar-refractivity contribution in [2.75, 3.05) is 0 Å². The minimum Gasteiger partial charge on any atom is -0.262 e. The van der Waals surface area contributed by atoms with Crippen LogP contribution in [0.5, 0.6) is 0 Å². The quantitative estimate of drug-likeness (QED) is 0.666. The average molecular weight is 153 g/mol. The second-order valence-electron chi connectivity index (χ2n) is 3.74. The summed E-state index contributed by atoms with van der Waals surface area (Å²) < 4.78 is 0. The topological polar surface area (TPSA) is 41.6 Å². The molecule has 62 valence electrons. The van der Waals surface area contributed by atoms with Gasteiger partial charge in [0.2, 0.25) is 0 Å². The molecule has 0 aromatic carbocycles. The second kappa shape index (κ2) is 2.64. The van der Waals surface area contributed by atoms with Crippen LogP contribution in [0.15, 0.2) is 0 Å². The lowest BCUT2D eigenvalue weighted by Crippen LogP contribution is -2.14. The van der Waals surface area contributed by atoms with E-state index in [4.69, 9.17) is 0 Å². The maximum absolute atomic E-state index is 4.05. The SMILES string of the molecule is CCc1[nH]nnc1C(C)(C)C. The molecule has 0 saturated carbocycles. The lowest BCUT2D eigenvalue weighted by Gasteiger charge is -2.15. The molecule has 11 heavy (non-hydrogen) atoms. The van der Waals surface area contributed by atoms with Crippen molar-refractivity contribution in [3.8, 4) is 0 Å². The highest BCUT2D eigenvalue weighted by molar-refractivity contribution is 5.17. The van der Waals surface area contributed by atoms with Crippen LogP contribution in [0.25, 0.3) is 0 Å². The Balaban J connectivity index is 3.02. The van der Waals surface area contributed by atoms with Crippen LogP contribution in [-0.4, -0.2) is 15.4 Å². The molecule has 0 aliphatic carbocycles. The number of aromatic nitrogens is 3. The molecule has 0 radical (unpaired) electrons. The summed E-state index contributed by atoms with van der Waals surface area (Å²) in [4.78, 5) is 0. The predicted octanol–water partition coefficient (Wildman–Crippen LogP) is 1.66. The van der Waals surface area contributed by atoms with E-state index in [1.807, 2.05) is 0 Å². The van der Waals surface area contributed by atoms with Gasteiger partial charge in [-0.2, -0.15) is 0 Å². The monoisotopic (exact) mass is 153 g/mol. The van der Waals surface area contributed by atoms with Gasteiger partial charge in [0.25, 0.3) is 0 Å². The third-order valence-corrected chi connectivity index (χ3v) is 1.68. The van der Waals surface area contributed by atoms with Crippen LogP contribution >= 0.6 is 0 Å². The number of aryl methyl sites for hydroxylation is 1. The van der Waals surface area contributed by atoms with Crippen molar-refractivity contribution in [1.29, 1.82) is 0 Å². The molecule has 3 heteroatoms. The maximum Gasteiger partial charge on any atom is 0.0909 e. The molecule has 1 N–H and O–H groups in total. The fraction of sp³-hybridized carbons (Fsp3) is 0.750. The number of nitrogens with one attached hydrogen (secondary N) is 1. The van der Waals surface area contributed by atoms with Gasteiger partial charge in [-0.15, -0.1) is 5.10 Å². The van der Waals surface area contributed by atoms with Gasteiger partial charge < -0.3 is 0 Å². The fourth-order valence-corrected chi connectivity index (χ4v) is 1.10. The van der Waals surface area contributed by atoms with Crippen LogP contribution in [0.3, 0.4) is 0 Å². The standard InChI is InChI=1S/C8H15N3/c1-5-6-7(8(2,3)4)10-11-9-6/h5H2,1-4H3,(H,9,10,11). The van der Waals surface area contributed by atoms with Crippen LogP contribution in [0, 0.1) is 0 Å². The molecule has 0 amide bonds. The average Bonchev–Trinajstić information content (AvgIpc) is 2.31. The van der Waals surface area contributed by atoms with Gasteiger partial charge in [0.1, 0.15) is 0 Å². The summed E-state index contributed by atoms with van der Waals surface area (Å²) in [6, 6.07) is 0. The Kier molecular flexibility index (Phi) is 1.98. The van der Waals surface area contributed by atoms with E-state index >= 15 is 0 Å². The van der Waals surface area contributed by atoms with Gasteiger partial charge in [-0.05, 0) is 6.42 Å². The van der Waals surface area contributed by atoms with Gasteiger partial charge in [0.15, 0.2) is 0 Å². The summed E-state index contributed by atoms with van der Waals surface area (Å²) in [5.74, 6) is 0. The Morgan fingerprint density at radius 2 is 2.00 bits per heavy atom. The Hall–Kier alpha value is -0.860. The lowest BCUT2D eigenvalue weighted by molar-refractivity contribution is 0.561. The molecule has 0 bridgehead atoms. The zero-order valence-corrected chi connectivity index (χ0v) is 7.60. The van der Waals surface area contributed by atoms with Crippen LogP contribution < -0.4 is 0 Å². The summed E-state index contributed by atoms with van der Waals surface area (Å²) in [5.41, 5.74) is 2.34. The third-order valence-electron chi connectivity index (χ3n) is 1.68. The Labute approximate surface area is 67.2 Å². The highest BCUT2D eigenvalue weighted by Crippen LogP contribution is 2.21. The lowest BCUT2D eigenvalue weighted by atomic mass is 9.90. The summed E-state index contributed by atoms with van der Waals surface area (Å²) >= 11 is 0. The van der Waals surface area contributed by atoms with Gasteiger partial charge >= 0.3 is 0 Å². The summed E-state index contributed by atoms with van der Waals surface area (Å²) in [7, 11) is 0. The summed E-state index contributed by atoms with van der Waals surface area (Å²) in [6.45, 7) is 8.53. The van der Waals surface area contributed by atoms with Crippen molar-refractivity contribution in [2.45, 2.75) is 39.5 Å². The molecule has 1 rings (SSSR count). The molecule has 1 heterocycles. The Morgan fingerprint density at radius 3 is 2.36 bits per heavy atom. The zero-order valence-electron chi connectivity index (χ0n) is 7.60. The maximum atomic E-state index is 4.05. The first kappa shape index (κ1) is 8.24. The molecule has 0 aliphatic heterocycles.